The molecule has 0 aliphatic heterocycles. The Morgan fingerprint density at radius 3 is 2.54 bits per heavy atom. The molecule has 1 aromatic carbocycles. The van der Waals surface area contributed by atoms with Gasteiger partial charge in [-0.05, 0) is 36.6 Å². The van der Waals surface area contributed by atoms with Crippen molar-refractivity contribution < 1.29 is 14.0 Å². The third-order valence-electron chi connectivity index (χ3n) is 4.55. The molecule has 0 bridgehead atoms. The normalized spacial score (nSPS) is 14.7. The first-order chi connectivity index (χ1) is 12.5. The summed E-state index contributed by atoms with van der Waals surface area (Å²) in [5, 5.41) is 5.49. The van der Waals surface area contributed by atoms with Crippen LogP contribution in [0.3, 0.4) is 0 Å². The molecular formula is C20H22FN3O2. The Morgan fingerprint density at radius 1 is 1.08 bits per heavy atom. The third kappa shape index (κ3) is 4.45. The van der Waals surface area contributed by atoms with E-state index in [0.717, 1.165) is 25.7 Å². The van der Waals surface area contributed by atoms with Crippen LogP contribution in [0.2, 0.25) is 0 Å². The number of nitrogens with zero attached hydrogens (tertiary/aromatic N) is 1. The monoisotopic (exact) mass is 355 g/mol. The molecule has 0 radical (unpaired) electrons. The van der Waals surface area contributed by atoms with Gasteiger partial charge < -0.3 is 10.6 Å². The summed E-state index contributed by atoms with van der Waals surface area (Å²) in [6.45, 7) is 1.33. The van der Waals surface area contributed by atoms with E-state index in [1.807, 2.05) is 0 Å². The predicted octanol–water partition coefficient (Wildman–Crippen LogP) is 3.91. The molecule has 1 aromatic heterocycles. The molecule has 1 aliphatic rings. The molecule has 3 rings (SSSR count). The van der Waals surface area contributed by atoms with Crippen LogP contribution in [-0.4, -0.2) is 22.8 Å². The minimum absolute atomic E-state index is 0.125. The van der Waals surface area contributed by atoms with Crippen LogP contribution in [0.1, 0.15) is 49.4 Å². The summed E-state index contributed by atoms with van der Waals surface area (Å²) < 4.78 is 14.1. The van der Waals surface area contributed by atoms with Crippen molar-refractivity contribution in [1.82, 2.24) is 10.3 Å². The van der Waals surface area contributed by atoms with Gasteiger partial charge in [-0.25, -0.2) is 4.39 Å². The molecule has 0 spiro atoms. The molecule has 26 heavy (non-hydrogen) atoms. The molecule has 0 saturated heterocycles. The van der Waals surface area contributed by atoms with Gasteiger partial charge in [-0.15, -0.1) is 0 Å². The number of anilines is 1. The number of carbonyl (C=O) groups excluding carboxylic acids is 2. The quantitative estimate of drug-likeness (QED) is 0.873. The van der Waals surface area contributed by atoms with Crippen molar-refractivity contribution in [1.29, 1.82) is 0 Å². The van der Waals surface area contributed by atoms with Crippen molar-refractivity contribution in [3.8, 4) is 11.1 Å². The lowest BCUT2D eigenvalue weighted by Gasteiger charge is -2.22. The van der Waals surface area contributed by atoms with Gasteiger partial charge in [-0.3, -0.25) is 14.6 Å². The summed E-state index contributed by atoms with van der Waals surface area (Å²) in [6, 6.07) is 6.44. The Hall–Kier alpha value is -2.76. The first kappa shape index (κ1) is 18.0. The molecule has 2 amide bonds. The number of halogens is 1. The van der Waals surface area contributed by atoms with Crippen molar-refractivity contribution in [3.63, 3.8) is 0 Å². The number of carbonyl (C=O) groups is 2. The number of hydrogen-bond donors (Lipinski definition) is 2. The Bertz CT molecular complexity index is 816. The number of pyridine rings is 1. The second kappa shape index (κ2) is 8.08. The van der Waals surface area contributed by atoms with E-state index < -0.39 is 5.82 Å². The summed E-state index contributed by atoms with van der Waals surface area (Å²) in [6.07, 6.45) is 8.63. The van der Waals surface area contributed by atoms with E-state index >= 15 is 0 Å². The molecule has 5 nitrogen and oxygen atoms in total. The zero-order valence-corrected chi connectivity index (χ0v) is 14.7. The fourth-order valence-electron chi connectivity index (χ4n) is 3.22. The van der Waals surface area contributed by atoms with Crippen LogP contribution < -0.4 is 10.6 Å². The molecule has 6 heteroatoms. The van der Waals surface area contributed by atoms with E-state index in [1.54, 1.807) is 18.3 Å². The average Bonchev–Trinajstić information content (AvgIpc) is 2.64. The summed E-state index contributed by atoms with van der Waals surface area (Å²) in [5.41, 5.74) is 1.82. The maximum Gasteiger partial charge on any atom is 0.253 e. The molecular weight excluding hydrogens is 333 g/mol. The summed E-state index contributed by atoms with van der Waals surface area (Å²) in [7, 11) is 0. The van der Waals surface area contributed by atoms with E-state index in [1.165, 1.54) is 31.7 Å². The molecule has 1 heterocycles. The minimum atomic E-state index is -0.533. The van der Waals surface area contributed by atoms with Crippen LogP contribution >= 0.6 is 0 Å². The summed E-state index contributed by atoms with van der Waals surface area (Å²) >= 11 is 0. The van der Waals surface area contributed by atoms with Crippen LogP contribution in [-0.2, 0) is 4.79 Å². The summed E-state index contributed by atoms with van der Waals surface area (Å²) in [4.78, 5) is 27.7. The Morgan fingerprint density at radius 2 is 1.85 bits per heavy atom. The van der Waals surface area contributed by atoms with Gasteiger partial charge in [0, 0.05) is 30.9 Å². The van der Waals surface area contributed by atoms with Gasteiger partial charge in [-0.2, -0.15) is 0 Å². The molecule has 2 aromatic rings. The van der Waals surface area contributed by atoms with Crippen LogP contribution in [0, 0.1) is 5.82 Å². The van der Waals surface area contributed by atoms with E-state index in [4.69, 9.17) is 0 Å². The standard InChI is InChI=1S/C20H22FN3O2/c1-13(25)23-19-8-7-14(10-18(19)21)15-9-16(12-22-11-15)20(26)24-17-5-3-2-4-6-17/h7-12,17H,2-6H2,1H3,(H,23,25)(H,24,26). The zero-order valence-electron chi connectivity index (χ0n) is 14.7. The highest BCUT2D eigenvalue weighted by Crippen LogP contribution is 2.25. The van der Waals surface area contributed by atoms with Crippen LogP contribution in [0.4, 0.5) is 10.1 Å². The lowest BCUT2D eigenvalue weighted by molar-refractivity contribution is -0.114. The zero-order chi connectivity index (χ0) is 18.5. The highest BCUT2D eigenvalue weighted by atomic mass is 19.1. The number of hydrogen-bond acceptors (Lipinski definition) is 3. The van der Waals surface area contributed by atoms with Crippen molar-refractivity contribution in [2.45, 2.75) is 45.1 Å². The van der Waals surface area contributed by atoms with Gasteiger partial charge in [-0.1, -0.05) is 25.3 Å². The smallest absolute Gasteiger partial charge is 0.253 e. The number of amides is 2. The predicted molar refractivity (Wildman–Crippen MR) is 98.3 cm³/mol. The van der Waals surface area contributed by atoms with Gasteiger partial charge in [0.25, 0.3) is 5.91 Å². The van der Waals surface area contributed by atoms with E-state index in [9.17, 15) is 14.0 Å². The fraction of sp³-hybridized carbons (Fsp3) is 0.350. The van der Waals surface area contributed by atoms with Crippen molar-refractivity contribution in [2.75, 3.05) is 5.32 Å². The second-order valence-corrected chi connectivity index (χ2v) is 6.65. The lowest BCUT2D eigenvalue weighted by atomic mass is 9.95. The number of aromatic nitrogens is 1. The molecule has 2 N–H and O–H groups in total. The Labute approximate surface area is 152 Å². The number of nitrogens with one attached hydrogen (secondary N) is 2. The largest absolute Gasteiger partial charge is 0.349 e. The number of rotatable bonds is 4. The number of benzene rings is 1. The van der Waals surface area contributed by atoms with Gasteiger partial charge in [0.2, 0.25) is 5.91 Å². The maximum atomic E-state index is 14.1. The minimum Gasteiger partial charge on any atom is -0.349 e. The molecule has 0 unspecified atom stereocenters. The molecule has 1 saturated carbocycles. The SMILES string of the molecule is CC(=O)Nc1ccc(-c2cncc(C(=O)NC3CCCCC3)c2)cc1F. The summed E-state index contributed by atoms with van der Waals surface area (Å²) in [5.74, 6) is -1.02. The van der Waals surface area contributed by atoms with Gasteiger partial charge in [0.05, 0.1) is 11.3 Å². The molecule has 0 atom stereocenters. The van der Waals surface area contributed by atoms with Crippen LogP contribution in [0.25, 0.3) is 11.1 Å². The van der Waals surface area contributed by atoms with E-state index in [0.29, 0.717) is 16.7 Å². The first-order valence-electron chi connectivity index (χ1n) is 8.86. The van der Waals surface area contributed by atoms with E-state index in [-0.39, 0.29) is 23.5 Å². The molecule has 136 valence electrons. The Balaban J connectivity index is 1.77. The molecule has 1 aliphatic carbocycles. The van der Waals surface area contributed by atoms with Crippen LogP contribution in [0.5, 0.6) is 0 Å². The topological polar surface area (TPSA) is 71.1 Å². The van der Waals surface area contributed by atoms with Crippen molar-refractivity contribution >= 4 is 17.5 Å². The average molecular weight is 355 g/mol. The van der Waals surface area contributed by atoms with Crippen molar-refractivity contribution in [3.05, 3.63) is 48.0 Å². The lowest BCUT2D eigenvalue weighted by Crippen LogP contribution is -2.36. The first-order valence-corrected chi connectivity index (χ1v) is 8.86. The Kier molecular flexibility index (Phi) is 5.61. The van der Waals surface area contributed by atoms with Crippen LogP contribution in [0.15, 0.2) is 36.7 Å². The third-order valence-corrected chi connectivity index (χ3v) is 4.55. The van der Waals surface area contributed by atoms with E-state index in [2.05, 4.69) is 15.6 Å². The van der Waals surface area contributed by atoms with Gasteiger partial charge in [0.15, 0.2) is 0 Å². The molecule has 1 fully saturated rings. The highest BCUT2D eigenvalue weighted by molar-refractivity contribution is 5.95. The maximum absolute atomic E-state index is 14.1. The highest BCUT2D eigenvalue weighted by Gasteiger charge is 2.17. The van der Waals surface area contributed by atoms with Crippen molar-refractivity contribution in [2.24, 2.45) is 0 Å². The second-order valence-electron chi connectivity index (χ2n) is 6.65. The fourth-order valence-corrected chi connectivity index (χ4v) is 3.22. The van der Waals surface area contributed by atoms with Gasteiger partial charge in [0.1, 0.15) is 5.82 Å². The van der Waals surface area contributed by atoms with Gasteiger partial charge >= 0.3 is 0 Å².